The molecule has 128 valence electrons. The predicted octanol–water partition coefficient (Wildman–Crippen LogP) is 4.53. The monoisotopic (exact) mass is 359 g/mol. The number of hydrazine groups is 2. The van der Waals surface area contributed by atoms with Gasteiger partial charge in [0.15, 0.2) is 0 Å². The van der Waals surface area contributed by atoms with E-state index in [9.17, 15) is 0 Å². The van der Waals surface area contributed by atoms with Crippen LogP contribution in [0.2, 0.25) is 0 Å². The first-order valence-corrected chi connectivity index (χ1v) is 8.63. The van der Waals surface area contributed by atoms with Crippen LogP contribution < -0.4 is 10.9 Å². The van der Waals surface area contributed by atoms with E-state index >= 15 is 0 Å². The molecule has 0 saturated carbocycles. The number of para-hydroxylation sites is 3. The van der Waals surface area contributed by atoms with Crippen LogP contribution in [0.1, 0.15) is 0 Å². The maximum atomic E-state index is 5.72. The second-order valence-electron chi connectivity index (χ2n) is 5.69. The van der Waals surface area contributed by atoms with E-state index in [0.717, 1.165) is 22.3 Å². The van der Waals surface area contributed by atoms with E-state index in [2.05, 4.69) is 16.0 Å². The molecule has 1 aromatic heterocycles. The van der Waals surface area contributed by atoms with Crippen molar-refractivity contribution >= 4 is 39.6 Å². The van der Waals surface area contributed by atoms with E-state index in [4.69, 9.17) is 12.2 Å². The lowest BCUT2D eigenvalue weighted by Gasteiger charge is -2.27. The van der Waals surface area contributed by atoms with Gasteiger partial charge in [-0.05, 0) is 42.5 Å². The first-order valence-electron chi connectivity index (χ1n) is 8.22. The normalized spacial score (nSPS) is 10.5. The van der Waals surface area contributed by atoms with Crippen LogP contribution in [-0.2, 0) is 0 Å². The smallest absolute Gasteiger partial charge is 0.236 e. The van der Waals surface area contributed by atoms with Gasteiger partial charge in [-0.3, -0.25) is 10.9 Å². The minimum absolute atomic E-state index is 0.485. The highest BCUT2D eigenvalue weighted by molar-refractivity contribution is 7.80. The molecular formula is C20H17N5S. The molecule has 0 radical (unpaired) electrons. The van der Waals surface area contributed by atoms with Crippen LogP contribution in [0, 0.1) is 0 Å². The second-order valence-corrected chi connectivity index (χ2v) is 6.05. The lowest BCUT2D eigenvalue weighted by molar-refractivity contribution is 0.578. The lowest BCUT2D eigenvalue weighted by Crippen LogP contribution is -2.43. The average molecular weight is 359 g/mol. The average Bonchev–Trinajstić information content (AvgIpc) is 3.13. The van der Waals surface area contributed by atoms with Crippen molar-refractivity contribution in [3.8, 4) is 0 Å². The summed E-state index contributed by atoms with van der Waals surface area (Å²) < 4.78 is 1.73. The number of anilines is 2. The molecule has 5 nitrogen and oxygen atoms in total. The van der Waals surface area contributed by atoms with Crippen molar-refractivity contribution in [2.24, 2.45) is 0 Å². The Hall–Kier alpha value is -3.38. The summed E-state index contributed by atoms with van der Waals surface area (Å²) in [5.74, 6) is 0. The molecule has 4 aromatic rings. The quantitative estimate of drug-likeness (QED) is 0.414. The van der Waals surface area contributed by atoms with Gasteiger partial charge >= 0.3 is 0 Å². The van der Waals surface area contributed by atoms with Gasteiger partial charge in [-0.1, -0.05) is 54.6 Å². The van der Waals surface area contributed by atoms with E-state index in [1.807, 2.05) is 91.1 Å². The largest absolute Gasteiger partial charge is 0.277 e. The molecule has 4 rings (SSSR count). The van der Waals surface area contributed by atoms with Crippen LogP contribution in [0.5, 0.6) is 0 Å². The molecular weight excluding hydrogens is 342 g/mol. The molecule has 0 saturated heterocycles. The van der Waals surface area contributed by atoms with Crippen molar-refractivity contribution in [1.82, 2.24) is 14.9 Å². The number of nitrogens with one attached hydrogen (secondary N) is 2. The summed E-state index contributed by atoms with van der Waals surface area (Å²) in [5.41, 5.74) is 9.38. The molecule has 0 amide bonds. The summed E-state index contributed by atoms with van der Waals surface area (Å²) in [6, 6.07) is 27.7. The van der Waals surface area contributed by atoms with Crippen LogP contribution in [0.25, 0.3) is 10.9 Å². The van der Waals surface area contributed by atoms with Crippen molar-refractivity contribution in [2.75, 3.05) is 10.9 Å². The molecule has 0 fully saturated rings. The molecule has 3 aromatic carbocycles. The number of benzene rings is 3. The Morgan fingerprint density at radius 2 is 1.31 bits per heavy atom. The topological polar surface area (TPSA) is 45.1 Å². The molecule has 0 bridgehead atoms. The Balaban J connectivity index is 1.68. The van der Waals surface area contributed by atoms with Gasteiger partial charge in [-0.2, -0.15) is 10.2 Å². The molecule has 0 unspecified atom stereocenters. The zero-order chi connectivity index (χ0) is 17.8. The predicted molar refractivity (Wildman–Crippen MR) is 110 cm³/mol. The van der Waals surface area contributed by atoms with Crippen molar-refractivity contribution in [3.63, 3.8) is 0 Å². The van der Waals surface area contributed by atoms with Crippen molar-refractivity contribution < 1.29 is 0 Å². The van der Waals surface area contributed by atoms with Gasteiger partial charge in [0.2, 0.25) is 5.11 Å². The van der Waals surface area contributed by atoms with Gasteiger partial charge in [0.05, 0.1) is 23.1 Å². The summed E-state index contributed by atoms with van der Waals surface area (Å²) >= 11 is 5.72. The number of rotatable bonds is 4. The molecule has 0 spiro atoms. The number of fused-ring (bicyclic) bond motifs is 1. The summed E-state index contributed by atoms with van der Waals surface area (Å²) in [6.45, 7) is 0. The second kappa shape index (κ2) is 7.25. The van der Waals surface area contributed by atoms with Crippen LogP contribution in [0.15, 0.2) is 91.1 Å². The van der Waals surface area contributed by atoms with E-state index in [0.29, 0.717) is 5.11 Å². The SMILES string of the molecule is S=C(N(Nc1ccccc1)Nc1ccccc1)n1ncc2ccccc21. The van der Waals surface area contributed by atoms with E-state index in [-0.39, 0.29) is 0 Å². The lowest BCUT2D eigenvalue weighted by atomic mass is 10.3. The minimum Gasteiger partial charge on any atom is -0.277 e. The van der Waals surface area contributed by atoms with Crippen molar-refractivity contribution in [1.29, 1.82) is 0 Å². The van der Waals surface area contributed by atoms with Gasteiger partial charge in [-0.15, -0.1) is 0 Å². The maximum Gasteiger partial charge on any atom is 0.236 e. The molecule has 1 heterocycles. The van der Waals surface area contributed by atoms with Gasteiger partial charge in [-0.25, -0.2) is 4.68 Å². The van der Waals surface area contributed by atoms with Crippen molar-refractivity contribution in [3.05, 3.63) is 91.1 Å². The number of hydrogen-bond donors (Lipinski definition) is 2. The van der Waals surface area contributed by atoms with Gasteiger partial charge in [0.1, 0.15) is 0 Å². The number of aromatic nitrogens is 2. The van der Waals surface area contributed by atoms with E-state index in [1.54, 1.807) is 9.80 Å². The highest BCUT2D eigenvalue weighted by Gasteiger charge is 2.15. The van der Waals surface area contributed by atoms with Gasteiger partial charge in [0, 0.05) is 5.39 Å². The van der Waals surface area contributed by atoms with Crippen LogP contribution >= 0.6 is 12.2 Å². The third-order valence-corrected chi connectivity index (χ3v) is 4.23. The van der Waals surface area contributed by atoms with E-state index in [1.165, 1.54) is 0 Å². The Bertz CT molecular complexity index is 973. The third kappa shape index (κ3) is 3.36. The zero-order valence-corrected chi connectivity index (χ0v) is 14.7. The Labute approximate surface area is 156 Å². The summed E-state index contributed by atoms with van der Waals surface area (Å²) in [6.07, 6.45) is 1.81. The summed E-state index contributed by atoms with van der Waals surface area (Å²) in [4.78, 5) is 0. The molecule has 0 aliphatic heterocycles. The van der Waals surface area contributed by atoms with Crippen LogP contribution in [0.3, 0.4) is 0 Å². The van der Waals surface area contributed by atoms with Crippen LogP contribution in [0.4, 0.5) is 11.4 Å². The Kier molecular flexibility index (Phi) is 4.49. The molecule has 0 aliphatic carbocycles. The number of nitrogens with zero attached hydrogens (tertiary/aromatic N) is 3. The summed E-state index contributed by atoms with van der Waals surface area (Å²) in [5, 5.41) is 7.67. The van der Waals surface area contributed by atoms with Gasteiger partial charge < -0.3 is 0 Å². The summed E-state index contributed by atoms with van der Waals surface area (Å²) in [7, 11) is 0. The molecule has 2 N–H and O–H groups in total. The molecule has 0 aliphatic rings. The fourth-order valence-corrected chi connectivity index (χ4v) is 2.86. The minimum atomic E-state index is 0.485. The van der Waals surface area contributed by atoms with Crippen molar-refractivity contribution in [2.45, 2.75) is 0 Å². The molecule has 6 heteroatoms. The van der Waals surface area contributed by atoms with Crippen LogP contribution in [-0.4, -0.2) is 20.0 Å². The third-order valence-electron chi connectivity index (χ3n) is 3.88. The zero-order valence-electron chi connectivity index (χ0n) is 13.9. The highest BCUT2D eigenvalue weighted by atomic mass is 32.1. The standard InChI is InChI=1S/C20H17N5S/c26-20(24-19-14-8-7-9-16(19)15-21-24)25(22-17-10-3-1-4-11-17)23-18-12-5-2-6-13-18/h1-15,22-23H. The Morgan fingerprint density at radius 1 is 0.769 bits per heavy atom. The first kappa shape index (κ1) is 16.1. The number of hydrogen-bond acceptors (Lipinski definition) is 4. The maximum absolute atomic E-state index is 5.72. The van der Waals surface area contributed by atoms with E-state index < -0.39 is 0 Å². The first-order chi connectivity index (χ1) is 12.8. The van der Waals surface area contributed by atoms with Gasteiger partial charge in [0.25, 0.3) is 0 Å². The Morgan fingerprint density at radius 3 is 1.92 bits per heavy atom. The molecule has 0 atom stereocenters. The fourth-order valence-electron chi connectivity index (χ4n) is 2.63. The fraction of sp³-hybridized carbons (Fsp3) is 0. The number of thiocarbonyl (C=S) groups is 1. The molecule has 26 heavy (non-hydrogen) atoms. The highest BCUT2D eigenvalue weighted by Crippen LogP contribution is 2.16.